The fourth-order valence-corrected chi connectivity index (χ4v) is 5.82. The van der Waals surface area contributed by atoms with E-state index in [1.807, 2.05) is 23.3 Å². The number of hydrogen-bond acceptors (Lipinski definition) is 6. The Morgan fingerprint density at radius 3 is 2.70 bits per heavy atom. The lowest BCUT2D eigenvalue weighted by Gasteiger charge is -2.30. The molecule has 3 rings (SSSR count). The molecule has 1 saturated heterocycles. The zero-order valence-electron chi connectivity index (χ0n) is 17.3. The summed E-state index contributed by atoms with van der Waals surface area (Å²) in [6.45, 7) is 3.94. The highest BCUT2D eigenvalue weighted by atomic mass is 32.2. The number of rotatable bonds is 9. The van der Waals surface area contributed by atoms with Crippen LogP contribution < -0.4 is 4.72 Å². The summed E-state index contributed by atoms with van der Waals surface area (Å²) in [5.41, 5.74) is 0.465. The molecule has 1 aromatic carbocycles. The van der Waals surface area contributed by atoms with Gasteiger partial charge in [-0.25, -0.2) is 13.1 Å². The monoisotopic (exact) mass is 468 g/mol. The first-order chi connectivity index (χ1) is 14.4. The third-order valence-corrected chi connectivity index (χ3v) is 8.38. The number of benzene rings is 1. The maximum Gasteiger partial charge on any atom is 0.255 e. The minimum Gasteiger partial charge on any atom is -0.468 e. The molecule has 0 bridgehead atoms. The van der Waals surface area contributed by atoms with Gasteiger partial charge in [0, 0.05) is 30.3 Å². The van der Waals surface area contributed by atoms with Gasteiger partial charge in [0.25, 0.3) is 5.91 Å². The van der Waals surface area contributed by atoms with Gasteiger partial charge in [-0.3, -0.25) is 4.79 Å². The summed E-state index contributed by atoms with van der Waals surface area (Å²) in [5, 5.41) is 0. The molecule has 30 heavy (non-hydrogen) atoms. The van der Waals surface area contributed by atoms with Crippen molar-refractivity contribution in [3.05, 3.63) is 47.9 Å². The highest BCUT2D eigenvalue weighted by molar-refractivity contribution is 7.98. The third kappa shape index (κ3) is 6.06. The summed E-state index contributed by atoms with van der Waals surface area (Å²) in [6, 6.07) is 8.54. The molecule has 9 heteroatoms. The summed E-state index contributed by atoms with van der Waals surface area (Å²) in [7, 11) is -3.68. The van der Waals surface area contributed by atoms with Crippen LogP contribution >= 0.6 is 23.5 Å². The molecule has 0 aliphatic carbocycles. The van der Waals surface area contributed by atoms with E-state index in [1.54, 1.807) is 30.2 Å². The topological polar surface area (TPSA) is 79.6 Å². The molecule has 2 aromatic rings. The van der Waals surface area contributed by atoms with Gasteiger partial charge in [-0.05, 0) is 55.3 Å². The zero-order chi connectivity index (χ0) is 21.6. The average molecular weight is 469 g/mol. The van der Waals surface area contributed by atoms with Gasteiger partial charge in [0.1, 0.15) is 5.76 Å². The first-order valence-electron chi connectivity index (χ1n) is 9.98. The molecule has 164 valence electrons. The highest BCUT2D eigenvalue weighted by Gasteiger charge is 2.25. The number of nitrogens with one attached hydrogen (secondary N) is 1. The number of carbonyl (C=O) groups is 1. The molecule has 0 radical (unpaired) electrons. The molecular formula is C21H28N2O4S3. The number of thioether (sulfide) groups is 2. The van der Waals surface area contributed by atoms with Crippen LogP contribution in [-0.4, -0.2) is 50.9 Å². The van der Waals surface area contributed by atoms with Crippen LogP contribution in [0.15, 0.2) is 50.8 Å². The lowest BCUT2D eigenvalue weighted by Crippen LogP contribution is -2.38. The summed E-state index contributed by atoms with van der Waals surface area (Å²) in [6.07, 6.45) is 5.48. The van der Waals surface area contributed by atoms with Crippen molar-refractivity contribution in [3.63, 3.8) is 0 Å². The summed E-state index contributed by atoms with van der Waals surface area (Å²) >= 11 is 3.05. The van der Waals surface area contributed by atoms with Crippen LogP contribution in [-0.2, 0) is 15.8 Å². The van der Waals surface area contributed by atoms with Crippen LogP contribution in [0.1, 0.15) is 35.9 Å². The molecule has 1 fully saturated rings. The largest absolute Gasteiger partial charge is 0.468 e. The fourth-order valence-electron chi connectivity index (χ4n) is 3.30. The Balaban J connectivity index is 1.64. The standard InChI is InChI=1S/C21H28N2O4S3/c1-16-7-10-23(11-8-16)21(24)19-14-18(5-6-20(19)28-2)30(25,26)22-9-13-29-15-17-4-3-12-27-17/h3-6,12,14,16,22H,7-11,13,15H2,1-2H3. The van der Waals surface area contributed by atoms with Gasteiger partial charge in [0.15, 0.2) is 0 Å². The van der Waals surface area contributed by atoms with Gasteiger partial charge in [-0.15, -0.1) is 11.8 Å². The number of furan rings is 1. The van der Waals surface area contributed by atoms with E-state index in [1.165, 1.54) is 17.8 Å². The number of sulfonamides is 1. The van der Waals surface area contributed by atoms with Gasteiger partial charge in [0.05, 0.1) is 22.5 Å². The van der Waals surface area contributed by atoms with Gasteiger partial charge in [0.2, 0.25) is 10.0 Å². The average Bonchev–Trinajstić information content (AvgIpc) is 3.26. The molecule has 0 spiro atoms. The smallest absolute Gasteiger partial charge is 0.255 e. The molecule has 0 saturated carbocycles. The van der Waals surface area contributed by atoms with Crippen LogP contribution in [0.2, 0.25) is 0 Å². The van der Waals surface area contributed by atoms with Gasteiger partial charge in [-0.2, -0.15) is 11.8 Å². The normalized spacial score (nSPS) is 15.5. The van der Waals surface area contributed by atoms with Gasteiger partial charge < -0.3 is 9.32 Å². The highest BCUT2D eigenvalue weighted by Crippen LogP contribution is 2.27. The summed E-state index contributed by atoms with van der Waals surface area (Å²) in [5.74, 6) is 2.73. The minimum atomic E-state index is -3.68. The van der Waals surface area contributed by atoms with E-state index in [4.69, 9.17) is 4.42 Å². The Labute approximate surface area is 187 Å². The first-order valence-corrected chi connectivity index (χ1v) is 13.8. The SMILES string of the molecule is CSc1ccc(S(=O)(=O)NCCSCc2ccco2)cc1C(=O)N1CCC(C)CC1. The first kappa shape index (κ1) is 23.2. The lowest BCUT2D eigenvalue weighted by atomic mass is 9.98. The Morgan fingerprint density at radius 2 is 2.03 bits per heavy atom. The summed E-state index contributed by atoms with van der Waals surface area (Å²) in [4.78, 5) is 15.8. The van der Waals surface area contributed by atoms with E-state index in [9.17, 15) is 13.2 Å². The van der Waals surface area contributed by atoms with Crippen molar-refractivity contribution in [2.24, 2.45) is 5.92 Å². The predicted molar refractivity (Wildman–Crippen MR) is 123 cm³/mol. The van der Waals surface area contributed by atoms with Crippen molar-refractivity contribution >= 4 is 39.5 Å². The molecule has 2 heterocycles. The van der Waals surface area contributed by atoms with E-state index < -0.39 is 10.0 Å². The Hall–Kier alpha value is -1.42. The lowest BCUT2D eigenvalue weighted by molar-refractivity contribution is 0.0693. The van der Waals surface area contributed by atoms with Crippen LogP contribution in [0.4, 0.5) is 0 Å². The van der Waals surface area contributed by atoms with Crippen molar-refractivity contribution < 1.29 is 17.6 Å². The van der Waals surface area contributed by atoms with Gasteiger partial charge in [-0.1, -0.05) is 6.92 Å². The molecule has 0 atom stereocenters. The maximum atomic E-state index is 13.1. The van der Waals surface area contributed by atoms with E-state index >= 15 is 0 Å². The Kier molecular flexibility index (Phi) is 8.33. The van der Waals surface area contributed by atoms with Crippen molar-refractivity contribution in [2.75, 3.05) is 31.6 Å². The summed E-state index contributed by atoms with van der Waals surface area (Å²) < 4.78 is 33.4. The zero-order valence-corrected chi connectivity index (χ0v) is 19.7. The van der Waals surface area contributed by atoms with Crippen LogP contribution in [0.25, 0.3) is 0 Å². The molecule has 1 amide bonds. The number of amides is 1. The van der Waals surface area contributed by atoms with E-state index in [0.717, 1.165) is 36.6 Å². The molecule has 1 aromatic heterocycles. The molecule has 6 nitrogen and oxygen atoms in total. The Bertz CT molecular complexity index is 937. The van der Waals surface area contributed by atoms with Crippen molar-refractivity contribution in [2.45, 2.75) is 35.3 Å². The second-order valence-electron chi connectivity index (χ2n) is 7.37. The van der Waals surface area contributed by atoms with Crippen molar-refractivity contribution in [1.29, 1.82) is 0 Å². The van der Waals surface area contributed by atoms with E-state index in [0.29, 0.717) is 29.5 Å². The maximum absolute atomic E-state index is 13.1. The number of carbonyl (C=O) groups excluding carboxylic acids is 1. The van der Waals surface area contributed by atoms with E-state index in [2.05, 4.69) is 11.6 Å². The number of hydrogen-bond donors (Lipinski definition) is 1. The number of nitrogens with zero attached hydrogens (tertiary/aromatic N) is 1. The van der Waals surface area contributed by atoms with Crippen molar-refractivity contribution in [3.8, 4) is 0 Å². The molecule has 1 N–H and O–H groups in total. The quantitative estimate of drug-likeness (QED) is 0.441. The third-order valence-electron chi connectivity index (χ3n) is 5.15. The van der Waals surface area contributed by atoms with Gasteiger partial charge >= 0.3 is 0 Å². The Morgan fingerprint density at radius 1 is 1.27 bits per heavy atom. The van der Waals surface area contributed by atoms with Crippen molar-refractivity contribution in [1.82, 2.24) is 9.62 Å². The molecular weight excluding hydrogens is 440 g/mol. The van der Waals surface area contributed by atoms with Crippen LogP contribution in [0.3, 0.4) is 0 Å². The molecule has 1 aliphatic rings. The van der Waals surface area contributed by atoms with E-state index in [-0.39, 0.29) is 10.8 Å². The second-order valence-corrected chi connectivity index (χ2v) is 11.1. The van der Waals surface area contributed by atoms with Crippen LogP contribution in [0, 0.1) is 5.92 Å². The number of likely N-dealkylation sites (tertiary alicyclic amines) is 1. The predicted octanol–water partition coefficient (Wildman–Crippen LogP) is 4.09. The molecule has 0 unspecified atom stereocenters. The minimum absolute atomic E-state index is 0.0858. The second kappa shape index (κ2) is 10.7. The fraction of sp³-hybridized carbons (Fsp3) is 0.476. The number of piperidine rings is 1. The molecule has 1 aliphatic heterocycles. The van der Waals surface area contributed by atoms with Crippen LogP contribution in [0.5, 0.6) is 0 Å².